The normalized spacial score (nSPS) is 13.6. The average Bonchev–Trinajstić information content (AvgIpc) is 3.19. The Bertz CT molecular complexity index is 2150. The molecule has 0 amide bonds. The Balaban J connectivity index is 0.000000190. The van der Waals surface area contributed by atoms with E-state index in [-0.39, 0.29) is 37.9 Å². The van der Waals surface area contributed by atoms with Crippen LogP contribution >= 0.6 is 0 Å². The van der Waals surface area contributed by atoms with Gasteiger partial charge < -0.3 is 15.0 Å². The molecule has 7 rings (SSSR count). The Morgan fingerprint density at radius 2 is 1.06 bits per heavy atom. The van der Waals surface area contributed by atoms with Crippen molar-refractivity contribution in [2.45, 2.75) is 27.0 Å². The first kappa shape index (κ1) is 24.2. The van der Waals surface area contributed by atoms with Gasteiger partial charge in [0.25, 0.3) is 0 Å². The van der Waals surface area contributed by atoms with E-state index in [4.69, 9.17) is 12.3 Å². The van der Waals surface area contributed by atoms with Crippen LogP contribution < -0.4 is 0 Å². The van der Waals surface area contributed by atoms with Crippen LogP contribution in [0.1, 0.15) is 36.1 Å². The fraction of sp³-hybridized carbons (Fsp3) is 0.0930. The largest absolute Gasteiger partial charge is 3.00 e. The van der Waals surface area contributed by atoms with Crippen LogP contribution in [-0.2, 0) is 26.5 Å². The molecule has 0 N–H and O–H groups in total. The van der Waals surface area contributed by atoms with E-state index in [2.05, 4.69) is 33.2 Å². The molecular weight excluding hydrogens is 751 g/mol. The first-order chi connectivity index (χ1) is 26.2. The molecule has 0 unspecified atom stereocenters. The van der Waals surface area contributed by atoms with Gasteiger partial charge in [-0.15, -0.1) is 108 Å². The van der Waals surface area contributed by atoms with Gasteiger partial charge in [0.1, 0.15) is 0 Å². The number of aryl methyl sites for hydroxylation is 3. The Morgan fingerprint density at radius 1 is 0.553 bits per heavy atom. The monoisotopic (exact) mass is 796 g/mol. The van der Waals surface area contributed by atoms with Crippen molar-refractivity contribution in [2.24, 2.45) is 0 Å². The minimum absolute atomic E-state index is 0. The van der Waals surface area contributed by atoms with Crippen molar-refractivity contribution in [1.82, 2.24) is 15.0 Å². The molecule has 0 saturated carbocycles. The number of pyridine rings is 3. The van der Waals surface area contributed by atoms with E-state index in [0.29, 0.717) is 11.4 Å². The van der Waals surface area contributed by atoms with Gasteiger partial charge in [-0.3, -0.25) is 0 Å². The standard InChI is InChI=1S/C19H16N.2C12H10N.Ir/c1-2-15-13-19(17-11-7-4-8-12-17)20-14-18(15)16-9-5-3-6-10-16;2*1-10-6-5-9-12(13-10)11-7-3-2-4-8-11;/h3-11,13-14H,2H2,1H3;2*2-7,9H,1H3;/q3*-1;+3/i3*1D3;. The Labute approximate surface area is 305 Å². The minimum Gasteiger partial charge on any atom is -0.304 e. The van der Waals surface area contributed by atoms with Crippen molar-refractivity contribution in [3.63, 3.8) is 0 Å². The maximum Gasteiger partial charge on any atom is 3.00 e. The molecule has 3 heterocycles. The molecule has 0 fully saturated rings. The van der Waals surface area contributed by atoms with E-state index in [1.807, 2.05) is 97.1 Å². The summed E-state index contributed by atoms with van der Waals surface area (Å²) in [6.45, 7) is -6.35. The van der Waals surface area contributed by atoms with Crippen LogP contribution in [0.15, 0.2) is 152 Å². The molecule has 7 aromatic rings. The summed E-state index contributed by atoms with van der Waals surface area (Å²) >= 11 is 0. The third-order valence-corrected chi connectivity index (χ3v) is 6.72. The molecule has 0 radical (unpaired) electrons. The van der Waals surface area contributed by atoms with Gasteiger partial charge in [0.15, 0.2) is 0 Å². The predicted molar refractivity (Wildman–Crippen MR) is 190 cm³/mol. The molecule has 232 valence electrons. The van der Waals surface area contributed by atoms with E-state index in [1.54, 1.807) is 42.6 Å². The minimum atomic E-state index is -2.16. The second-order valence-corrected chi connectivity index (χ2v) is 9.91. The second kappa shape index (κ2) is 18.2. The third kappa shape index (κ3) is 10.2. The molecule has 4 heteroatoms. The van der Waals surface area contributed by atoms with Crippen LogP contribution in [-0.4, -0.2) is 15.0 Å². The van der Waals surface area contributed by atoms with Crippen LogP contribution in [0.5, 0.6) is 0 Å². The summed E-state index contributed by atoms with van der Waals surface area (Å²) in [4.78, 5) is 12.7. The number of hydrogen-bond donors (Lipinski definition) is 0. The molecule has 0 bridgehead atoms. The van der Waals surface area contributed by atoms with E-state index in [1.165, 1.54) is 12.1 Å². The van der Waals surface area contributed by atoms with E-state index in [0.717, 1.165) is 39.1 Å². The van der Waals surface area contributed by atoms with Gasteiger partial charge in [-0.05, 0) is 60.5 Å². The van der Waals surface area contributed by atoms with Crippen LogP contribution in [0.4, 0.5) is 0 Å². The van der Waals surface area contributed by atoms with E-state index < -0.39 is 20.6 Å². The van der Waals surface area contributed by atoms with Crippen molar-refractivity contribution in [3.05, 3.63) is 187 Å². The third-order valence-electron chi connectivity index (χ3n) is 6.72. The topological polar surface area (TPSA) is 38.7 Å². The number of rotatable bonds is 5. The quantitative estimate of drug-likeness (QED) is 0.163. The summed E-state index contributed by atoms with van der Waals surface area (Å²) in [6, 6.07) is 53.0. The fourth-order valence-corrected chi connectivity index (χ4v) is 4.50. The molecule has 47 heavy (non-hydrogen) atoms. The Kier molecular flexibility index (Phi) is 9.37. The van der Waals surface area contributed by atoms with Crippen molar-refractivity contribution in [2.75, 3.05) is 0 Å². The van der Waals surface area contributed by atoms with Gasteiger partial charge >= 0.3 is 20.1 Å². The van der Waals surface area contributed by atoms with Crippen LogP contribution in [0, 0.1) is 31.9 Å². The van der Waals surface area contributed by atoms with E-state index in [9.17, 15) is 0 Å². The van der Waals surface area contributed by atoms with Gasteiger partial charge in [-0.1, -0.05) is 67.5 Å². The summed E-state index contributed by atoms with van der Waals surface area (Å²) in [5.41, 5.74) is 7.31. The number of hydrogen-bond acceptors (Lipinski definition) is 3. The van der Waals surface area contributed by atoms with Gasteiger partial charge in [0.05, 0.1) is 0 Å². The SMILES string of the molecule is [2H]C([2H])([2H])Cc1cc(-c2[c-]cccc2)ncc1-c1ccccc1.[2H]C([2H])([2H])c1cccc(-c2[c-]cccc2)n1.[2H]C([2H])([2H])c1cccc(-c2[c-]cccc2)n1.[Ir+3]. The van der Waals surface area contributed by atoms with Crippen molar-refractivity contribution < 1.29 is 32.4 Å². The zero-order valence-electron chi connectivity index (χ0n) is 34.3. The summed E-state index contributed by atoms with van der Waals surface area (Å²) < 4.78 is 66.6. The van der Waals surface area contributed by atoms with Crippen LogP contribution in [0.25, 0.3) is 44.9 Å². The van der Waals surface area contributed by atoms with Gasteiger partial charge in [0, 0.05) is 35.5 Å². The van der Waals surface area contributed by atoms with Crippen molar-refractivity contribution in [3.8, 4) is 44.9 Å². The zero-order valence-corrected chi connectivity index (χ0v) is 27.7. The van der Waals surface area contributed by atoms with Crippen molar-refractivity contribution in [1.29, 1.82) is 0 Å². The summed E-state index contributed by atoms with van der Waals surface area (Å²) in [6.07, 6.45) is 1.77. The first-order valence-electron chi connectivity index (χ1n) is 19.1. The fourth-order valence-electron chi connectivity index (χ4n) is 4.50. The molecule has 0 saturated heterocycles. The van der Waals surface area contributed by atoms with Crippen LogP contribution in [0.3, 0.4) is 0 Å². The van der Waals surface area contributed by atoms with Gasteiger partial charge in [0.2, 0.25) is 0 Å². The second-order valence-electron chi connectivity index (χ2n) is 9.91. The maximum atomic E-state index is 7.61. The van der Waals surface area contributed by atoms with E-state index >= 15 is 0 Å². The van der Waals surface area contributed by atoms with Gasteiger partial charge in [-0.2, -0.15) is 0 Å². The molecule has 0 spiro atoms. The number of nitrogens with zero attached hydrogens (tertiary/aromatic N) is 3. The van der Waals surface area contributed by atoms with Crippen LogP contribution in [0.2, 0.25) is 0 Å². The van der Waals surface area contributed by atoms with Crippen molar-refractivity contribution >= 4 is 0 Å². The maximum absolute atomic E-state index is 7.61. The molecule has 4 aromatic carbocycles. The average molecular weight is 796 g/mol. The Hall–Kier alpha value is -5.02. The Morgan fingerprint density at radius 3 is 1.53 bits per heavy atom. The molecule has 3 aromatic heterocycles. The first-order valence-corrected chi connectivity index (χ1v) is 14.6. The summed E-state index contributed by atoms with van der Waals surface area (Å²) in [5, 5.41) is 0. The molecule has 0 aliphatic heterocycles. The zero-order chi connectivity index (χ0) is 39.5. The number of aromatic nitrogens is 3. The molecule has 0 atom stereocenters. The molecular formula is C43H36IrN3. The molecule has 0 aliphatic rings. The summed E-state index contributed by atoms with van der Waals surface area (Å²) in [7, 11) is 0. The number of benzene rings is 4. The molecule has 0 aliphatic carbocycles. The summed E-state index contributed by atoms with van der Waals surface area (Å²) in [5.74, 6) is 0. The van der Waals surface area contributed by atoms with Gasteiger partial charge in [-0.25, -0.2) is 0 Å². The molecule has 3 nitrogen and oxygen atoms in total. The predicted octanol–water partition coefficient (Wildman–Crippen LogP) is 10.5. The smallest absolute Gasteiger partial charge is 0.304 e.